The Morgan fingerprint density at radius 1 is 1.57 bits per heavy atom. The van der Waals surface area contributed by atoms with Crippen LogP contribution < -0.4 is 10.5 Å². The molecule has 0 bridgehead atoms. The second-order valence-electron chi connectivity index (χ2n) is 2.63. The number of primary amides is 1. The molecule has 0 saturated carbocycles. The standard InChI is InChI=1S/C10H10BrNO2/c1-14-9-6-7(2-4-8(9)11)3-5-10(12)13/h2-6H,1H3,(H2,12,13). The van der Waals surface area contributed by atoms with Crippen LogP contribution in [0, 0.1) is 0 Å². The highest BCUT2D eigenvalue weighted by Gasteiger charge is 1.99. The molecule has 1 amide bonds. The summed E-state index contributed by atoms with van der Waals surface area (Å²) in [5.41, 5.74) is 5.84. The van der Waals surface area contributed by atoms with E-state index in [-0.39, 0.29) is 0 Å². The number of hydrogen-bond donors (Lipinski definition) is 1. The Kier molecular flexibility index (Phi) is 3.71. The van der Waals surface area contributed by atoms with Crippen molar-refractivity contribution in [3.05, 3.63) is 34.3 Å². The molecule has 0 aliphatic carbocycles. The van der Waals surface area contributed by atoms with Gasteiger partial charge >= 0.3 is 0 Å². The fraction of sp³-hybridized carbons (Fsp3) is 0.100. The van der Waals surface area contributed by atoms with E-state index in [0.29, 0.717) is 0 Å². The SMILES string of the molecule is COc1cc(C=CC(N)=O)ccc1Br. The third-order valence-corrected chi connectivity index (χ3v) is 2.27. The van der Waals surface area contributed by atoms with E-state index in [9.17, 15) is 4.79 Å². The molecule has 0 aliphatic rings. The van der Waals surface area contributed by atoms with Gasteiger partial charge < -0.3 is 10.5 Å². The third kappa shape index (κ3) is 2.88. The number of methoxy groups -OCH3 is 1. The lowest BCUT2D eigenvalue weighted by Crippen LogP contribution is -2.05. The van der Waals surface area contributed by atoms with Crippen LogP contribution in [-0.4, -0.2) is 13.0 Å². The number of hydrogen-bond acceptors (Lipinski definition) is 2. The van der Waals surface area contributed by atoms with Crippen LogP contribution in [-0.2, 0) is 4.79 Å². The molecule has 14 heavy (non-hydrogen) atoms. The number of carbonyl (C=O) groups is 1. The molecule has 4 heteroatoms. The molecule has 0 unspecified atom stereocenters. The van der Waals surface area contributed by atoms with E-state index in [1.807, 2.05) is 18.2 Å². The molecular formula is C10H10BrNO2. The van der Waals surface area contributed by atoms with Gasteiger partial charge in [0.15, 0.2) is 0 Å². The topological polar surface area (TPSA) is 52.3 Å². The summed E-state index contributed by atoms with van der Waals surface area (Å²) >= 11 is 3.33. The van der Waals surface area contributed by atoms with Gasteiger partial charge in [0.05, 0.1) is 11.6 Å². The first-order valence-electron chi connectivity index (χ1n) is 3.94. The van der Waals surface area contributed by atoms with E-state index in [2.05, 4.69) is 15.9 Å². The first-order chi connectivity index (χ1) is 6.63. The average Bonchev–Trinajstić information content (AvgIpc) is 2.16. The van der Waals surface area contributed by atoms with Crippen LogP contribution in [0.2, 0.25) is 0 Å². The Morgan fingerprint density at radius 3 is 2.86 bits per heavy atom. The Balaban J connectivity index is 2.95. The fourth-order valence-corrected chi connectivity index (χ4v) is 1.37. The van der Waals surface area contributed by atoms with Crippen molar-refractivity contribution >= 4 is 27.9 Å². The van der Waals surface area contributed by atoms with Gasteiger partial charge in [-0.05, 0) is 39.7 Å². The molecule has 1 aromatic carbocycles. The largest absolute Gasteiger partial charge is 0.496 e. The molecule has 0 spiro atoms. The molecule has 74 valence electrons. The Bertz CT molecular complexity index is 374. The maximum Gasteiger partial charge on any atom is 0.241 e. The molecule has 0 fully saturated rings. The lowest BCUT2D eigenvalue weighted by Gasteiger charge is -2.03. The Morgan fingerprint density at radius 2 is 2.29 bits per heavy atom. The van der Waals surface area contributed by atoms with Crippen molar-refractivity contribution in [2.24, 2.45) is 5.73 Å². The van der Waals surface area contributed by atoms with Gasteiger partial charge in [0.25, 0.3) is 0 Å². The lowest BCUT2D eigenvalue weighted by molar-refractivity contribution is -0.113. The zero-order valence-electron chi connectivity index (χ0n) is 7.66. The molecule has 0 aliphatic heterocycles. The highest BCUT2D eigenvalue weighted by Crippen LogP contribution is 2.25. The first kappa shape index (κ1) is 10.8. The van der Waals surface area contributed by atoms with Crippen LogP contribution in [0.15, 0.2) is 28.7 Å². The Hall–Kier alpha value is -1.29. The Labute approximate surface area is 90.7 Å². The van der Waals surface area contributed by atoms with Crippen LogP contribution in [0.4, 0.5) is 0 Å². The van der Waals surface area contributed by atoms with Crippen LogP contribution in [0.1, 0.15) is 5.56 Å². The van der Waals surface area contributed by atoms with Crippen molar-refractivity contribution in [3.63, 3.8) is 0 Å². The predicted octanol–water partition coefficient (Wildman–Crippen LogP) is 1.96. The van der Waals surface area contributed by atoms with E-state index < -0.39 is 5.91 Å². The van der Waals surface area contributed by atoms with E-state index in [1.54, 1.807) is 13.2 Å². The summed E-state index contributed by atoms with van der Waals surface area (Å²) in [7, 11) is 1.58. The van der Waals surface area contributed by atoms with Crippen molar-refractivity contribution < 1.29 is 9.53 Å². The lowest BCUT2D eigenvalue weighted by atomic mass is 10.2. The number of halogens is 1. The number of rotatable bonds is 3. The van der Waals surface area contributed by atoms with Crippen LogP contribution >= 0.6 is 15.9 Å². The number of nitrogens with two attached hydrogens (primary N) is 1. The minimum absolute atomic E-state index is 0.466. The van der Waals surface area contributed by atoms with Crippen molar-refractivity contribution in [1.29, 1.82) is 0 Å². The minimum atomic E-state index is -0.466. The van der Waals surface area contributed by atoms with Gasteiger partial charge in [-0.25, -0.2) is 0 Å². The summed E-state index contributed by atoms with van der Waals surface area (Å²) in [5.74, 6) is 0.253. The quantitative estimate of drug-likeness (QED) is 0.840. The van der Waals surface area contributed by atoms with E-state index in [4.69, 9.17) is 10.5 Å². The number of carbonyl (C=O) groups excluding carboxylic acids is 1. The number of ether oxygens (including phenoxy) is 1. The second kappa shape index (κ2) is 4.81. The van der Waals surface area contributed by atoms with Gasteiger partial charge in [-0.3, -0.25) is 4.79 Å². The van der Waals surface area contributed by atoms with E-state index >= 15 is 0 Å². The van der Waals surface area contributed by atoms with Gasteiger partial charge in [0, 0.05) is 6.08 Å². The molecule has 0 saturated heterocycles. The first-order valence-corrected chi connectivity index (χ1v) is 4.74. The van der Waals surface area contributed by atoms with Crippen molar-refractivity contribution in [2.45, 2.75) is 0 Å². The zero-order valence-corrected chi connectivity index (χ0v) is 9.24. The van der Waals surface area contributed by atoms with E-state index in [0.717, 1.165) is 15.8 Å². The number of amides is 1. The summed E-state index contributed by atoms with van der Waals surface area (Å²) in [6.45, 7) is 0. The molecule has 0 aromatic heterocycles. The van der Waals surface area contributed by atoms with Gasteiger partial charge in [0.2, 0.25) is 5.91 Å². The van der Waals surface area contributed by atoms with Crippen molar-refractivity contribution in [3.8, 4) is 5.75 Å². The summed E-state index contributed by atoms with van der Waals surface area (Å²) in [6, 6.07) is 5.51. The molecular weight excluding hydrogens is 246 g/mol. The summed E-state index contributed by atoms with van der Waals surface area (Å²) in [5, 5.41) is 0. The smallest absolute Gasteiger partial charge is 0.241 e. The maximum atomic E-state index is 10.5. The van der Waals surface area contributed by atoms with Crippen LogP contribution in [0.5, 0.6) is 5.75 Å². The summed E-state index contributed by atoms with van der Waals surface area (Å²) in [6.07, 6.45) is 2.94. The molecule has 1 rings (SSSR count). The summed E-state index contributed by atoms with van der Waals surface area (Å²) < 4.78 is 5.97. The zero-order chi connectivity index (χ0) is 10.6. The fourth-order valence-electron chi connectivity index (χ4n) is 0.958. The average molecular weight is 256 g/mol. The predicted molar refractivity (Wildman–Crippen MR) is 58.9 cm³/mol. The molecule has 1 aromatic rings. The van der Waals surface area contributed by atoms with Gasteiger partial charge in [-0.2, -0.15) is 0 Å². The van der Waals surface area contributed by atoms with Crippen LogP contribution in [0.25, 0.3) is 6.08 Å². The second-order valence-corrected chi connectivity index (χ2v) is 3.48. The van der Waals surface area contributed by atoms with Gasteiger partial charge in [-0.15, -0.1) is 0 Å². The molecule has 2 N–H and O–H groups in total. The molecule has 0 atom stereocenters. The third-order valence-electron chi connectivity index (χ3n) is 1.62. The normalized spacial score (nSPS) is 10.4. The van der Waals surface area contributed by atoms with Crippen LogP contribution in [0.3, 0.4) is 0 Å². The molecule has 0 radical (unpaired) electrons. The van der Waals surface area contributed by atoms with Crippen molar-refractivity contribution in [2.75, 3.05) is 7.11 Å². The maximum absolute atomic E-state index is 10.5. The van der Waals surface area contributed by atoms with E-state index in [1.165, 1.54) is 6.08 Å². The highest BCUT2D eigenvalue weighted by molar-refractivity contribution is 9.10. The van der Waals surface area contributed by atoms with Gasteiger partial charge in [0.1, 0.15) is 5.75 Å². The monoisotopic (exact) mass is 255 g/mol. The minimum Gasteiger partial charge on any atom is -0.496 e. The van der Waals surface area contributed by atoms with Crippen molar-refractivity contribution in [1.82, 2.24) is 0 Å². The van der Waals surface area contributed by atoms with Gasteiger partial charge in [-0.1, -0.05) is 6.07 Å². The molecule has 0 heterocycles. The highest BCUT2D eigenvalue weighted by atomic mass is 79.9. The number of benzene rings is 1. The molecule has 3 nitrogen and oxygen atoms in total. The summed E-state index contributed by atoms with van der Waals surface area (Å²) in [4.78, 5) is 10.5.